The maximum atomic E-state index is 12.2. The van der Waals surface area contributed by atoms with E-state index in [1.54, 1.807) is 25.5 Å². The molecule has 2 aliphatic rings. The van der Waals surface area contributed by atoms with E-state index in [9.17, 15) is 8.42 Å². The van der Waals surface area contributed by atoms with E-state index in [1.807, 2.05) is 24.4 Å². The Bertz CT molecular complexity index is 1230. The van der Waals surface area contributed by atoms with Crippen LogP contribution in [0.2, 0.25) is 0 Å². The van der Waals surface area contributed by atoms with Gasteiger partial charge in [0.2, 0.25) is 10.0 Å². The molecule has 0 unspecified atom stereocenters. The first-order valence-electron chi connectivity index (χ1n) is 11.2. The highest BCUT2D eigenvalue weighted by Gasteiger charge is 2.39. The van der Waals surface area contributed by atoms with Crippen LogP contribution in [0.1, 0.15) is 52.0 Å². The first-order chi connectivity index (χ1) is 15.4. The van der Waals surface area contributed by atoms with Crippen LogP contribution in [0.15, 0.2) is 72.2 Å². The molecule has 0 fully saturated rings. The van der Waals surface area contributed by atoms with E-state index in [0.29, 0.717) is 5.69 Å². The second-order valence-corrected chi connectivity index (χ2v) is 10.1. The summed E-state index contributed by atoms with van der Waals surface area (Å²) in [5.74, 6) is 1.52. The number of anilines is 1. The van der Waals surface area contributed by atoms with Crippen molar-refractivity contribution >= 4 is 26.6 Å². The number of nitrogens with one attached hydrogen (secondary N) is 2. The molecule has 4 rings (SSSR count). The number of aromatic amines is 1. The predicted octanol–water partition coefficient (Wildman–Crippen LogP) is 5.99. The minimum Gasteiger partial charge on any atom is -0.465 e. The van der Waals surface area contributed by atoms with Gasteiger partial charge in [0.25, 0.3) is 0 Å². The largest absolute Gasteiger partial charge is 0.465 e. The molecule has 32 heavy (non-hydrogen) atoms. The molecular weight excluding hydrogens is 424 g/mol. The number of hydrogen-bond donors (Lipinski definition) is 2. The van der Waals surface area contributed by atoms with Gasteiger partial charge in [-0.1, -0.05) is 44.2 Å². The molecule has 2 N–H and O–H groups in total. The lowest BCUT2D eigenvalue weighted by atomic mass is 9.74. The zero-order valence-electron chi connectivity index (χ0n) is 18.8. The van der Waals surface area contributed by atoms with Gasteiger partial charge in [-0.25, -0.2) is 8.42 Å². The molecule has 1 aliphatic heterocycles. The van der Waals surface area contributed by atoms with Crippen LogP contribution in [0.4, 0.5) is 5.69 Å². The number of fused-ring (bicyclic) bond motifs is 1. The molecule has 0 radical (unpaired) electrons. The van der Waals surface area contributed by atoms with Crippen molar-refractivity contribution in [3.05, 3.63) is 77.8 Å². The normalized spacial score (nSPS) is 16.7. The highest BCUT2D eigenvalue weighted by atomic mass is 32.2. The van der Waals surface area contributed by atoms with Crippen molar-refractivity contribution in [3.8, 4) is 0 Å². The zero-order chi connectivity index (χ0) is 22.8. The highest BCUT2D eigenvalue weighted by molar-refractivity contribution is 7.92. The van der Waals surface area contributed by atoms with Crippen LogP contribution >= 0.6 is 0 Å². The summed E-state index contributed by atoms with van der Waals surface area (Å²) in [5, 5.41) is 0.963. The van der Waals surface area contributed by atoms with Crippen molar-refractivity contribution in [3.63, 3.8) is 0 Å². The zero-order valence-corrected chi connectivity index (χ0v) is 19.6. The molecule has 0 bridgehead atoms. The fourth-order valence-electron chi connectivity index (χ4n) is 4.47. The Labute approximate surface area is 189 Å². The van der Waals surface area contributed by atoms with Crippen molar-refractivity contribution in [2.75, 3.05) is 10.5 Å². The van der Waals surface area contributed by atoms with Crippen molar-refractivity contribution in [2.24, 2.45) is 0 Å². The number of allylic oxidation sites excluding steroid dienone is 5. The van der Waals surface area contributed by atoms with Crippen molar-refractivity contribution in [2.45, 2.75) is 51.9 Å². The number of rotatable bonds is 8. The first-order valence-corrected chi connectivity index (χ1v) is 12.8. The molecule has 170 valence electrons. The molecular formula is C25H30N2O4S. The lowest BCUT2D eigenvalue weighted by Crippen LogP contribution is -2.30. The summed E-state index contributed by atoms with van der Waals surface area (Å²) in [5.41, 5.74) is 3.06. The number of H-pyrrole nitrogens is 1. The number of hydrogen-bond acceptors (Lipinski definition) is 4. The lowest BCUT2D eigenvalue weighted by Gasteiger charge is -2.35. The smallest absolute Gasteiger partial charge is 0.232 e. The molecule has 6 nitrogen and oxygen atoms in total. The summed E-state index contributed by atoms with van der Waals surface area (Å²) in [7, 11) is -3.39. The number of ether oxygens (including phenoxy) is 2. The molecule has 1 aromatic heterocycles. The van der Waals surface area contributed by atoms with Crippen LogP contribution in [-0.2, 0) is 24.9 Å². The molecule has 0 amide bonds. The van der Waals surface area contributed by atoms with Gasteiger partial charge in [-0.05, 0) is 49.8 Å². The molecule has 0 saturated carbocycles. The minimum atomic E-state index is -3.39. The van der Waals surface area contributed by atoms with Crippen LogP contribution in [0.3, 0.4) is 0 Å². The molecule has 2 aromatic rings. The van der Waals surface area contributed by atoms with Gasteiger partial charge in [-0.3, -0.25) is 4.72 Å². The Morgan fingerprint density at radius 3 is 2.66 bits per heavy atom. The van der Waals surface area contributed by atoms with E-state index in [2.05, 4.69) is 35.7 Å². The average molecular weight is 455 g/mol. The Kier molecular flexibility index (Phi) is 6.20. The van der Waals surface area contributed by atoms with Crippen LogP contribution < -0.4 is 4.72 Å². The Morgan fingerprint density at radius 1 is 1.16 bits per heavy atom. The summed E-state index contributed by atoms with van der Waals surface area (Å²) in [6, 6.07) is 5.67. The summed E-state index contributed by atoms with van der Waals surface area (Å²) in [4.78, 5) is 3.31. The molecule has 7 heteroatoms. The number of aromatic nitrogens is 1. The molecule has 0 atom stereocenters. The van der Waals surface area contributed by atoms with Gasteiger partial charge in [0.15, 0.2) is 5.76 Å². The van der Waals surface area contributed by atoms with Gasteiger partial charge in [0, 0.05) is 11.6 Å². The quantitative estimate of drug-likeness (QED) is 0.513. The fourth-order valence-corrected chi connectivity index (χ4v) is 5.12. The maximum absolute atomic E-state index is 12.2. The molecule has 2 heterocycles. The second-order valence-electron chi connectivity index (χ2n) is 8.09. The highest BCUT2D eigenvalue weighted by Crippen LogP contribution is 2.46. The summed E-state index contributed by atoms with van der Waals surface area (Å²) in [6.45, 7) is 5.89. The van der Waals surface area contributed by atoms with E-state index in [1.165, 1.54) is 0 Å². The lowest BCUT2D eigenvalue weighted by molar-refractivity contribution is 0.172. The SMILES string of the molecule is CCC(CC)(C1=COC=C(C2=CC=CCC2)O1)c1c[nH]c2c(NS(=O)(=O)CC)cccc12. The third kappa shape index (κ3) is 3.97. The van der Waals surface area contributed by atoms with E-state index in [0.717, 1.165) is 59.2 Å². The Morgan fingerprint density at radius 2 is 1.97 bits per heavy atom. The third-order valence-electron chi connectivity index (χ3n) is 6.46. The summed E-state index contributed by atoms with van der Waals surface area (Å²) in [6.07, 6.45) is 15.1. The standard InChI is InChI=1S/C25H30N2O4S/c1-4-25(5-2,23-17-30-16-22(31-23)18-11-8-7-9-12-18)20-15-26-24-19(20)13-10-14-21(24)27-32(28,29)6-3/h7-8,10-11,13-17,26-27H,4-6,9,12H2,1-3H3. The van der Waals surface area contributed by atoms with E-state index in [-0.39, 0.29) is 5.75 Å². The van der Waals surface area contributed by atoms with Crippen LogP contribution in [0.25, 0.3) is 10.9 Å². The van der Waals surface area contributed by atoms with E-state index in [4.69, 9.17) is 9.47 Å². The third-order valence-corrected chi connectivity index (χ3v) is 7.75. The molecule has 0 spiro atoms. The molecule has 0 saturated heterocycles. The van der Waals surface area contributed by atoms with Crippen molar-refractivity contribution < 1.29 is 17.9 Å². The number of sulfonamides is 1. The Hall–Kier alpha value is -2.93. The van der Waals surface area contributed by atoms with Crippen LogP contribution in [0, 0.1) is 0 Å². The van der Waals surface area contributed by atoms with Gasteiger partial charge in [0.05, 0.1) is 22.4 Å². The number of para-hydroxylation sites is 1. The van der Waals surface area contributed by atoms with Gasteiger partial charge < -0.3 is 14.5 Å². The molecule has 1 aliphatic carbocycles. The maximum Gasteiger partial charge on any atom is 0.232 e. The fraction of sp³-hybridized carbons (Fsp3) is 0.360. The summed E-state index contributed by atoms with van der Waals surface area (Å²) >= 11 is 0. The monoisotopic (exact) mass is 454 g/mol. The molecule has 1 aromatic carbocycles. The van der Waals surface area contributed by atoms with E-state index >= 15 is 0 Å². The van der Waals surface area contributed by atoms with Gasteiger partial charge in [-0.2, -0.15) is 0 Å². The van der Waals surface area contributed by atoms with E-state index < -0.39 is 15.4 Å². The van der Waals surface area contributed by atoms with Gasteiger partial charge >= 0.3 is 0 Å². The van der Waals surface area contributed by atoms with Crippen LogP contribution in [-0.4, -0.2) is 19.2 Å². The average Bonchev–Trinajstić information content (AvgIpc) is 3.27. The first kappa shape index (κ1) is 22.3. The second kappa shape index (κ2) is 8.90. The Balaban J connectivity index is 1.75. The van der Waals surface area contributed by atoms with Crippen molar-refractivity contribution in [1.82, 2.24) is 4.98 Å². The van der Waals surface area contributed by atoms with Gasteiger partial charge in [0.1, 0.15) is 18.3 Å². The minimum absolute atomic E-state index is 0.0169. The topological polar surface area (TPSA) is 80.4 Å². The number of benzene rings is 1. The summed E-state index contributed by atoms with van der Waals surface area (Å²) < 4.78 is 39.2. The van der Waals surface area contributed by atoms with Gasteiger partial charge in [-0.15, -0.1) is 0 Å². The predicted molar refractivity (Wildman–Crippen MR) is 128 cm³/mol. The van der Waals surface area contributed by atoms with Crippen LogP contribution in [0.5, 0.6) is 0 Å². The van der Waals surface area contributed by atoms with Crippen molar-refractivity contribution in [1.29, 1.82) is 0 Å².